The van der Waals surface area contributed by atoms with Gasteiger partial charge >= 0.3 is 12.1 Å². The number of likely N-dealkylation sites (N-methyl/N-ethyl adjacent to an activating group) is 1. The van der Waals surface area contributed by atoms with Crippen LogP contribution in [0, 0.1) is 11.6 Å². The van der Waals surface area contributed by atoms with Gasteiger partial charge in [0.1, 0.15) is 17.2 Å². The molecule has 1 aromatic rings. The average molecular weight is 315 g/mol. The van der Waals surface area contributed by atoms with Gasteiger partial charge in [-0.05, 0) is 45.4 Å². The monoisotopic (exact) mass is 315 g/mol. The van der Waals surface area contributed by atoms with E-state index in [1.165, 1.54) is 0 Å². The standard InChI is InChI=1S/C15H19F2NO4/c1-5-18(14(21)22-15(2,3)4)12(13(19)20)9-6-10(16)8-11(17)7-9/h6-8,12H,5H2,1-4H3,(H,19,20). The summed E-state index contributed by atoms with van der Waals surface area (Å²) in [5.41, 5.74) is -0.987. The lowest BCUT2D eigenvalue weighted by atomic mass is 10.1. The first-order valence-corrected chi connectivity index (χ1v) is 6.73. The van der Waals surface area contributed by atoms with Gasteiger partial charge in [-0.2, -0.15) is 0 Å². The second kappa shape index (κ2) is 6.72. The van der Waals surface area contributed by atoms with Crippen LogP contribution >= 0.6 is 0 Å². The first-order chi connectivity index (χ1) is 10.0. The molecule has 1 rings (SSSR count). The number of ether oxygens (including phenoxy) is 1. The Morgan fingerprint density at radius 1 is 1.23 bits per heavy atom. The Balaban J connectivity index is 3.22. The number of nitrogens with zero attached hydrogens (tertiary/aromatic N) is 1. The third-order valence-electron chi connectivity index (χ3n) is 2.71. The van der Waals surface area contributed by atoms with Crippen molar-refractivity contribution in [2.24, 2.45) is 0 Å². The van der Waals surface area contributed by atoms with Crippen molar-refractivity contribution in [3.05, 3.63) is 35.4 Å². The summed E-state index contributed by atoms with van der Waals surface area (Å²) in [6.07, 6.45) is -0.868. The third-order valence-corrected chi connectivity index (χ3v) is 2.71. The molecule has 1 N–H and O–H groups in total. The maximum Gasteiger partial charge on any atom is 0.411 e. The summed E-state index contributed by atoms with van der Waals surface area (Å²) in [5.74, 6) is -3.24. The van der Waals surface area contributed by atoms with Crippen molar-refractivity contribution in [2.45, 2.75) is 39.3 Å². The molecule has 22 heavy (non-hydrogen) atoms. The van der Waals surface area contributed by atoms with Crippen molar-refractivity contribution < 1.29 is 28.2 Å². The Labute approximate surface area is 127 Å². The van der Waals surface area contributed by atoms with Crippen molar-refractivity contribution in [2.75, 3.05) is 6.54 Å². The Morgan fingerprint density at radius 2 is 1.73 bits per heavy atom. The molecule has 5 nitrogen and oxygen atoms in total. The van der Waals surface area contributed by atoms with Crippen LogP contribution in [0.1, 0.15) is 39.3 Å². The molecule has 0 fully saturated rings. The highest BCUT2D eigenvalue weighted by Crippen LogP contribution is 2.25. The number of aliphatic carboxylic acids is 1. The van der Waals surface area contributed by atoms with Crippen LogP contribution in [0.3, 0.4) is 0 Å². The lowest BCUT2D eigenvalue weighted by molar-refractivity contribution is -0.143. The Hall–Kier alpha value is -2.18. The molecule has 0 heterocycles. The number of halogens is 2. The summed E-state index contributed by atoms with van der Waals surface area (Å²) < 4.78 is 31.8. The van der Waals surface area contributed by atoms with Crippen LogP contribution in [-0.2, 0) is 9.53 Å². The molecule has 1 aromatic carbocycles. The second-order valence-electron chi connectivity index (χ2n) is 5.71. The highest BCUT2D eigenvalue weighted by atomic mass is 19.1. The van der Waals surface area contributed by atoms with E-state index in [9.17, 15) is 23.5 Å². The predicted molar refractivity (Wildman–Crippen MR) is 75.3 cm³/mol. The smallest absolute Gasteiger partial charge is 0.411 e. The van der Waals surface area contributed by atoms with Crippen molar-refractivity contribution in [3.8, 4) is 0 Å². The van der Waals surface area contributed by atoms with Crippen LogP contribution in [0.4, 0.5) is 13.6 Å². The van der Waals surface area contributed by atoms with Crippen LogP contribution in [0.5, 0.6) is 0 Å². The Bertz CT molecular complexity index is 549. The van der Waals surface area contributed by atoms with E-state index in [0.717, 1.165) is 17.0 Å². The van der Waals surface area contributed by atoms with E-state index in [0.29, 0.717) is 6.07 Å². The first-order valence-electron chi connectivity index (χ1n) is 6.73. The van der Waals surface area contributed by atoms with E-state index in [1.54, 1.807) is 27.7 Å². The maximum absolute atomic E-state index is 13.3. The van der Waals surface area contributed by atoms with Crippen LogP contribution in [0.15, 0.2) is 18.2 Å². The van der Waals surface area contributed by atoms with Crippen molar-refractivity contribution in [3.63, 3.8) is 0 Å². The van der Waals surface area contributed by atoms with Gasteiger partial charge in [0.25, 0.3) is 0 Å². The predicted octanol–water partition coefficient (Wildman–Crippen LogP) is 3.35. The van der Waals surface area contributed by atoms with E-state index in [1.807, 2.05) is 0 Å². The molecule has 0 aliphatic heterocycles. The molecule has 1 unspecified atom stereocenters. The van der Waals surface area contributed by atoms with Gasteiger partial charge in [-0.15, -0.1) is 0 Å². The minimum atomic E-state index is -1.54. The molecule has 0 aliphatic carbocycles. The van der Waals surface area contributed by atoms with Gasteiger partial charge in [0.05, 0.1) is 0 Å². The molecule has 0 saturated carbocycles. The molecule has 0 bridgehead atoms. The van der Waals surface area contributed by atoms with Gasteiger partial charge in [-0.1, -0.05) is 0 Å². The molecule has 0 aliphatic rings. The van der Waals surface area contributed by atoms with E-state index < -0.39 is 35.3 Å². The largest absolute Gasteiger partial charge is 0.479 e. The summed E-state index contributed by atoms with van der Waals surface area (Å²) in [4.78, 5) is 24.5. The van der Waals surface area contributed by atoms with E-state index in [4.69, 9.17) is 4.74 Å². The first kappa shape index (κ1) is 17.9. The number of amides is 1. The number of carboxylic acid groups (broad SMARTS) is 1. The summed E-state index contributed by atoms with van der Waals surface area (Å²) >= 11 is 0. The van der Waals surface area contributed by atoms with Crippen molar-refractivity contribution >= 4 is 12.1 Å². The van der Waals surface area contributed by atoms with Gasteiger partial charge in [0, 0.05) is 12.6 Å². The summed E-state index contributed by atoms with van der Waals surface area (Å²) in [5, 5.41) is 9.36. The topological polar surface area (TPSA) is 66.8 Å². The van der Waals surface area contributed by atoms with Crippen molar-refractivity contribution in [1.82, 2.24) is 4.90 Å². The van der Waals surface area contributed by atoms with E-state index in [2.05, 4.69) is 0 Å². The Morgan fingerprint density at radius 3 is 2.09 bits per heavy atom. The minimum Gasteiger partial charge on any atom is -0.479 e. The highest BCUT2D eigenvalue weighted by Gasteiger charge is 2.33. The molecular formula is C15H19F2NO4. The molecule has 0 spiro atoms. The Kier molecular flexibility index (Phi) is 5.46. The summed E-state index contributed by atoms with van der Waals surface area (Å²) in [7, 11) is 0. The van der Waals surface area contributed by atoms with Gasteiger partial charge in [0.2, 0.25) is 0 Å². The lowest BCUT2D eigenvalue weighted by Crippen LogP contribution is -2.42. The lowest BCUT2D eigenvalue weighted by Gasteiger charge is -2.30. The molecular weight excluding hydrogens is 296 g/mol. The zero-order valence-electron chi connectivity index (χ0n) is 12.9. The third kappa shape index (κ3) is 4.68. The second-order valence-corrected chi connectivity index (χ2v) is 5.71. The fourth-order valence-electron chi connectivity index (χ4n) is 1.93. The van der Waals surface area contributed by atoms with E-state index >= 15 is 0 Å². The number of carbonyl (C=O) groups excluding carboxylic acids is 1. The van der Waals surface area contributed by atoms with E-state index in [-0.39, 0.29) is 12.1 Å². The molecule has 0 saturated heterocycles. The van der Waals surface area contributed by atoms with Crippen LogP contribution < -0.4 is 0 Å². The number of benzene rings is 1. The number of carboxylic acids is 1. The number of carbonyl (C=O) groups is 2. The SMILES string of the molecule is CCN(C(=O)OC(C)(C)C)C(C(=O)O)c1cc(F)cc(F)c1. The molecule has 1 atom stereocenters. The number of hydrogen-bond donors (Lipinski definition) is 1. The molecule has 0 radical (unpaired) electrons. The highest BCUT2D eigenvalue weighted by molar-refractivity contribution is 5.81. The van der Waals surface area contributed by atoms with Gasteiger partial charge in [-0.3, -0.25) is 4.90 Å². The van der Waals surface area contributed by atoms with Gasteiger partial charge < -0.3 is 9.84 Å². The van der Waals surface area contributed by atoms with Crippen LogP contribution in [0.25, 0.3) is 0 Å². The average Bonchev–Trinajstić information content (AvgIpc) is 2.31. The van der Waals surface area contributed by atoms with Crippen molar-refractivity contribution in [1.29, 1.82) is 0 Å². The zero-order chi connectivity index (χ0) is 17.1. The van der Waals surface area contributed by atoms with Gasteiger partial charge in [-0.25, -0.2) is 18.4 Å². The van der Waals surface area contributed by atoms with Crippen LogP contribution in [0.2, 0.25) is 0 Å². The fraction of sp³-hybridized carbons (Fsp3) is 0.467. The van der Waals surface area contributed by atoms with Gasteiger partial charge in [0.15, 0.2) is 6.04 Å². The fourth-order valence-corrected chi connectivity index (χ4v) is 1.93. The quantitative estimate of drug-likeness (QED) is 0.925. The summed E-state index contributed by atoms with van der Waals surface area (Å²) in [6.45, 7) is 6.46. The summed E-state index contributed by atoms with van der Waals surface area (Å²) in [6, 6.07) is 0.862. The van der Waals surface area contributed by atoms with Crippen LogP contribution in [-0.4, -0.2) is 34.2 Å². The number of rotatable bonds is 4. The minimum absolute atomic E-state index is 0.00398. The molecule has 7 heteroatoms. The molecule has 0 aromatic heterocycles. The number of hydrogen-bond acceptors (Lipinski definition) is 3. The zero-order valence-corrected chi connectivity index (χ0v) is 12.9. The molecule has 1 amide bonds. The maximum atomic E-state index is 13.3. The molecule has 122 valence electrons. The normalized spacial score (nSPS) is 12.6.